The van der Waals surface area contributed by atoms with E-state index in [0.717, 1.165) is 17.9 Å². The Labute approximate surface area is 105 Å². The smallest absolute Gasteiger partial charge is 0.241 e. The first-order valence-electron chi connectivity index (χ1n) is 6.13. The van der Waals surface area contributed by atoms with Gasteiger partial charge in [-0.25, -0.2) is 9.97 Å². The highest BCUT2D eigenvalue weighted by molar-refractivity contribution is 5.85. The number of aryl methyl sites for hydroxylation is 1. The Bertz CT molecular complexity index is 462. The third kappa shape index (κ3) is 1.77. The van der Waals surface area contributed by atoms with Gasteiger partial charge in [0, 0.05) is 24.5 Å². The summed E-state index contributed by atoms with van der Waals surface area (Å²) in [5.74, 6) is 0.753. The molecule has 3 atom stereocenters. The van der Waals surface area contributed by atoms with Crippen molar-refractivity contribution in [1.82, 2.24) is 20.2 Å². The normalized spacial score (nSPS) is 32.1. The maximum atomic E-state index is 12.0. The average Bonchev–Trinajstić information content (AvgIpc) is 2.69. The number of fused-ring (bicyclic) bond motifs is 1. The molecule has 1 aromatic heterocycles. The number of carbonyl (C=O) groups excluding carboxylic acids is 1. The van der Waals surface area contributed by atoms with Crippen LogP contribution in [0.5, 0.6) is 0 Å². The van der Waals surface area contributed by atoms with Crippen LogP contribution in [0.3, 0.4) is 0 Å². The van der Waals surface area contributed by atoms with Crippen molar-refractivity contribution in [3.8, 4) is 0 Å². The van der Waals surface area contributed by atoms with Crippen LogP contribution in [0.1, 0.15) is 24.5 Å². The minimum Gasteiger partial charge on any atom is -0.375 e. The van der Waals surface area contributed by atoms with E-state index in [1.165, 1.54) is 0 Å². The second kappa shape index (κ2) is 4.29. The Kier molecular flexibility index (Phi) is 2.76. The molecule has 0 radical (unpaired) electrons. The zero-order valence-corrected chi connectivity index (χ0v) is 10.5. The van der Waals surface area contributed by atoms with E-state index in [4.69, 9.17) is 4.74 Å². The SMILES string of the molecule is Cc1ncc(C2NC(=O)[C@@H]3[C@@H](C)OCCN23)cn1. The van der Waals surface area contributed by atoms with E-state index in [1.54, 1.807) is 12.4 Å². The van der Waals surface area contributed by atoms with Crippen LogP contribution < -0.4 is 5.32 Å². The van der Waals surface area contributed by atoms with Crippen LogP contribution in [0.15, 0.2) is 12.4 Å². The summed E-state index contributed by atoms with van der Waals surface area (Å²) in [7, 11) is 0. The third-order valence-corrected chi connectivity index (χ3v) is 3.53. The number of hydrogen-bond acceptors (Lipinski definition) is 5. The zero-order chi connectivity index (χ0) is 12.7. The lowest BCUT2D eigenvalue weighted by Gasteiger charge is -2.35. The number of hydrogen-bond donors (Lipinski definition) is 1. The molecule has 0 bridgehead atoms. The summed E-state index contributed by atoms with van der Waals surface area (Å²) in [6.45, 7) is 5.17. The molecule has 96 valence electrons. The summed E-state index contributed by atoms with van der Waals surface area (Å²) in [6, 6.07) is -0.204. The van der Waals surface area contributed by atoms with Gasteiger partial charge in [-0.05, 0) is 13.8 Å². The van der Waals surface area contributed by atoms with Crippen LogP contribution in [-0.4, -0.2) is 46.1 Å². The maximum absolute atomic E-state index is 12.0. The minimum absolute atomic E-state index is 0.0211. The quantitative estimate of drug-likeness (QED) is 0.758. The summed E-state index contributed by atoms with van der Waals surface area (Å²) >= 11 is 0. The largest absolute Gasteiger partial charge is 0.375 e. The summed E-state index contributed by atoms with van der Waals surface area (Å²) in [5.41, 5.74) is 0.922. The predicted molar refractivity (Wildman–Crippen MR) is 63.6 cm³/mol. The van der Waals surface area contributed by atoms with Gasteiger partial charge in [0.2, 0.25) is 5.91 Å². The average molecular weight is 248 g/mol. The molecule has 1 amide bonds. The molecule has 6 nitrogen and oxygen atoms in total. The lowest BCUT2D eigenvalue weighted by molar-refractivity contribution is -0.129. The van der Waals surface area contributed by atoms with Gasteiger partial charge in [-0.15, -0.1) is 0 Å². The monoisotopic (exact) mass is 248 g/mol. The second-order valence-corrected chi connectivity index (χ2v) is 4.73. The molecule has 1 unspecified atom stereocenters. The van der Waals surface area contributed by atoms with E-state index in [-0.39, 0.29) is 24.2 Å². The topological polar surface area (TPSA) is 67.3 Å². The Morgan fingerprint density at radius 3 is 2.89 bits per heavy atom. The number of carbonyl (C=O) groups is 1. The van der Waals surface area contributed by atoms with Crippen molar-refractivity contribution in [1.29, 1.82) is 0 Å². The van der Waals surface area contributed by atoms with Crippen LogP contribution >= 0.6 is 0 Å². The van der Waals surface area contributed by atoms with Crippen LogP contribution in [-0.2, 0) is 9.53 Å². The van der Waals surface area contributed by atoms with Gasteiger partial charge in [-0.3, -0.25) is 9.69 Å². The van der Waals surface area contributed by atoms with Crippen LogP contribution in [0.25, 0.3) is 0 Å². The number of nitrogens with one attached hydrogen (secondary N) is 1. The first-order valence-corrected chi connectivity index (χ1v) is 6.13. The Morgan fingerprint density at radius 2 is 2.17 bits per heavy atom. The van der Waals surface area contributed by atoms with Gasteiger partial charge in [0.25, 0.3) is 0 Å². The molecule has 3 heterocycles. The molecule has 1 N–H and O–H groups in total. The highest BCUT2D eigenvalue weighted by atomic mass is 16.5. The summed E-state index contributed by atoms with van der Waals surface area (Å²) in [5, 5.41) is 2.99. The molecule has 0 aliphatic carbocycles. The number of ether oxygens (including phenoxy) is 1. The molecular formula is C12H16N4O2. The number of amides is 1. The Morgan fingerprint density at radius 1 is 1.44 bits per heavy atom. The van der Waals surface area contributed by atoms with E-state index >= 15 is 0 Å². The van der Waals surface area contributed by atoms with Crippen molar-refractivity contribution in [3.05, 3.63) is 23.8 Å². The van der Waals surface area contributed by atoms with Gasteiger partial charge >= 0.3 is 0 Å². The molecule has 1 aromatic rings. The van der Waals surface area contributed by atoms with E-state index in [9.17, 15) is 4.79 Å². The highest BCUT2D eigenvalue weighted by Crippen LogP contribution is 2.30. The highest BCUT2D eigenvalue weighted by Gasteiger charge is 2.45. The lowest BCUT2D eigenvalue weighted by Crippen LogP contribution is -2.49. The van der Waals surface area contributed by atoms with Crippen molar-refractivity contribution in [2.45, 2.75) is 32.2 Å². The van der Waals surface area contributed by atoms with Crippen LogP contribution in [0.4, 0.5) is 0 Å². The van der Waals surface area contributed by atoms with E-state index in [1.807, 2.05) is 13.8 Å². The molecular weight excluding hydrogens is 232 g/mol. The van der Waals surface area contributed by atoms with Crippen molar-refractivity contribution in [2.24, 2.45) is 0 Å². The number of nitrogens with zero attached hydrogens (tertiary/aromatic N) is 3. The summed E-state index contributed by atoms with van der Waals surface area (Å²) < 4.78 is 5.53. The van der Waals surface area contributed by atoms with Gasteiger partial charge < -0.3 is 10.1 Å². The third-order valence-electron chi connectivity index (χ3n) is 3.53. The number of morpholine rings is 1. The lowest BCUT2D eigenvalue weighted by atomic mass is 10.1. The van der Waals surface area contributed by atoms with Gasteiger partial charge in [0.05, 0.1) is 12.7 Å². The predicted octanol–water partition coefficient (Wildman–Crippen LogP) is 0.00272. The minimum atomic E-state index is -0.204. The molecule has 0 spiro atoms. The van der Waals surface area contributed by atoms with Crippen LogP contribution in [0.2, 0.25) is 0 Å². The molecule has 2 saturated heterocycles. The fraction of sp³-hybridized carbons (Fsp3) is 0.583. The van der Waals surface area contributed by atoms with E-state index < -0.39 is 0 Å². The van der Waals surface area contributed by atoms with Gasteiger partial charge in [0.1, 0.15) is 18.0 Å². The van der Waals surface area contributed by atoms with E-state index in [0.29, 0.717) is 6.61 Å². The van der Waals surface area contributed by atoms with Crippen molar-refractivity contribution in [3.63, 3.8) is 0 Å². The number of rotatable bonds is 1. The van der Waals surface area contributed by atoms with Gasteiger partial charge in [0.15, 0.2) is 0 Å². The molecule has 18 heavy (non-hydrogen) atoms. The molecule has 3 rings (SSSR count). The summed E-state index contributed by atoms with van der Waals surface area (Å²) in [6.07, 6.45) is 3.34. The standard InChI is InChI=1S/C12H16N4O2/c1-7-10-12(17)15-11(16(10)3-4-18-7)9-5-13-8(2)14-6-9/h5-7,10-11H,3-4H2,1-2H3,(H,15,17)/t7-,10+,11?/m1/s1. The maximum Gasteiger partial charge on any atom is 0.241 e. The fourth-order valence-electron chi connectivity index (χ4n) is 2.62. The second-order valence-electron chi connectivity index (χ2n) is 4.73. The number of aromatic nitrogens is 2. The van der Waals surface area contributed by atoms with Crippen molar-refractivity contribution in [2.75, 3.05) is 13.2 Å². The Balaban J connectivity index is 1.89. The first-order chi connectivity index (χ1) is 8.66. The summed E-state index contributed by atoms with van der Waals surface area (Å²) in [4.78, 5) is 22.5. The molecule has 2 fully saturated rings. The first kappa shape index (κ1) is 11.6. The molecule has 0 aromatic carbocycles. The van der Waals surface area contributed by atoms with Crippen molar-refractivity contribution < 1.29 is 9.53 Å². The molecule has 0 saturated carbocycles. The van der Waals surface area contributed by atoms with Gasteiger partial charge in [-0.1, -0.05) is 0 Å². The molecule has 2 aliphatic rings. The Hall–Kier alpha value is -1.53. The van der Waals surface area contributed by atoms with Crippen LogP contribution in [0, 0.1) is 6.92 Å². The zero-order valence-electron chi connectivity index (χ0n) is 10.5. The van der Waals surface area contributed by atoms with E-state index in [2.05, 4.69) is 20.2 Å². The van der Waals surface area contributed by atoms with Crippen molar-refractivity contribution >= 4 is 5.91 Å². The van der Waals surface area contributed by atoms with Gasteiger partial charge in [-0.2, -0.15) is 0 Å². The molecule has 2 aliphatic heterocycles. The molecule has 6 heteroatoms. The fourth-order valence-corrected chi connectivity index (χ4v) is 2.62.